The first-order chi connectivity index (χ1) is 12.0. The Kier molecular flexibility index (Phi) is 3.33. The molecule has 2 atom stereocenters. The average Bonchev–Trinajstić information content (AvgIpc) is 3.05. The SMILES string of the molecule is O=C1N[C@H]([C@]2(O)C(=O)Nc3ccccc32)C(=O)N1Cc1ccccc1. The van der Waals surface area contributed by atoms with Crippen LogP contribution in [-0.2, 0) is 21.7 Å². The Morgan fingerprint density at radius 1 is 1.00 bits per heavy atom. The van der Waals surface area contributed by atoms with Gasteiger partial charge in [-0.15, -0.1) is 0 Å². The van der Waals surface area contributed by atoms with Crippen molar-refractivity contribution < 1.29 is 19.5 Å². The summed E-state index contributed by atoms with van der Waals surface area (Å²) in [5.74, 6) is -1.36. The molecular weight excluding hydrogens is 322 g/mol. The number of aliphatic hydroxyl groups is 1. The molecule has 2 aliphatic rings. The Morgan fingerprint density at radius 3 is 2.44 bits per heavy atom. The molecule has 0 spiro atoms. The Labute approximate surface area is 143 Å². The summed E-state index contributed by atoms with van der Waals surface area (Å²) in [4.78, 5) is 38.4. The largest absolute Gasteiger partial charge is 0.373 e. The molecule has 4 rings (SSSR count). The Morgan fingerprint density at radius 2 is 1.68 bits per heavy atom. The molecule has 0 radical (unpaired) electrons. The molecule has 0 unspecified atom stereocenters. The summed E-state index contributed by atoms with van der Waals surface area (Å²) in [7, 11) is 0. The van der Waals surface area contributed by atoms with Crippen LogP contribution >= 0.6 is 0 Å². The van der Waals surface area contributed by atoms with Crippen molar-refractivity contribution in [2.45, 2.75) is 18.2 Å². The summed E-state index contributed by atoms with van der Waals surface area (Å²) in [5.41, 5.74) is -0.650. The van der Waals surface area contributed by atoms with Crippen LogP contribution in [0.1, 0.15) is 11.1 Å². The summed E-state index contributed by atoms with van der Waals surface area (Å²) in [6.45, 7) is 0.0708. The van der Waals surface area contributed by atoms with Crippen molar-refractivity contribution in [2.75, 3.05) is 5.32 Å². The van der Waals surface area contributed by atoms with E-state index in [1.165, 1.54) is 0 Å². The van der Waals surface area contributed by atoms with E-state index < -0.39 is 29.5 Å². The van der Waals surface area contributed by atoms with E-state index in [2.05, 4.69) is 10.6 Å². The van der Waals surface area contributed by atoms with E-state index in [1.54, 1.807) is 48.5 Å². The number of carbonyl (C=O) groups is 3. The van der Waals surface area contributed by atoms with Gasteiger partial charge < -0.3 is 15.7 Å². The van der Waals surface area contributed by atoms with Gasteiger partial charge in [-0.1, -0.05) is 48.5 Å². The summed E-state index contributed by atoms with van der Waals surface area (Å²) >= 11 is 0. The summed E-state index contributed by atoms with van der Waals surface area (Å²) < 4.78 is 0. The summed E-state index contributed by atoms with van der Waals surface area (Å²) in [6, 6.07) is 13.6. The second-order valence-electron chi connectivity index (χ2n) is 6.06. The molecule has 2 heterocycles. The third-order valence-corrected chi connectivity index (χ3v) is 4.56. The lowest BCUT2D eigenvalue weighted by atomic mass is 9.87. The van der Waals surface area contributed by atoms with Gasteiger partial charge in [0.2, 0.25) is 0 Å². The molecule has 1 saturated heterocycles. The topological polar surface area (TPSA) is 98.7 Å². The molecule has 7 nitrogen and oxygen atoms in total. The van der Waals surface area contributed by atoms with Crippen molar-refractivity contribution >= 4 is 23.5 Å². The number of hydrogen-bond donors (Lipinski definition) is 3. The third-order valence-electron chi connectivity index (χ3n) is 4.56. The van der Waals surface area contributed by atoms with Gasteiger partial charge in [0.05, 0.1) is 6.54 Å². The number of benzene rings is 2. The van der Waals surface area contributed by atoms with E-state index in [1.807, 2.05) is 6.07 Å². The zero-order valence-electron chi connectivity index (χ0n) is 13.1. The quantitative estimate of drug-likeness (QED) is 0.726. The smallest absolute Gasteiger partial charge is 0.325 e. The van der Waals surface area contributed by atoms with Crippen molar-refractivity contribution in [3.8, 4) is 0 Å². The zero-order valence-corrected chi connectivity index (χ0v) is 13.1. The van der Waals surface area contributed by atoms with Gasteiger partial charge in [0.25, 0.3) is 11.8 Å². The zero-order chi connectivity index (χ0) is 17.6. The number of nitrogens with zero attached hydrogens (tertiary/aromatic N) is 1. The number of amides is 4. The first kappa shape index (κ1) is 15.3. The molecule has 2 aromatic rings. The van der Waals surface area contributed by atoms with Gasteiger partial charge in [0.15, 0.2) is 11.6 Å². The molecule has 0 saturated carbocycles. The van der Waals surface area contributed by atoms with Crippen LogP contribution in [0.2, 0.25) is 0 Å². The van der Waals surface area contributed by atoms with Crippen LogP contribution in [0.3, 0.4) is 0 Å². The third kappa shape index (κ3) is 2.20. The fraction of sp³-hybridized carbons (Fsp3) is 0.167. The molecule has 0 aromatic heterocycles. The standard InChI is InChI=1S/C18H15N3O4/c22-15-14(18(25)12-8-4-5-9-13(12)19-16(18)23)20-17(24)21(15)10-11-6-2-1-3-7-11/h1-9,14,25H,10H2,(H,19,23)(H,20,24)/t14-,18-/m0/s1. The number of anilines is 1. The first-order valence-corrected chi connectivity index (χ1v) is 7.81. The van der Waals surface area contributed by atoms with Crippen LogP contribution in [0.25, 0.3) is 0 Å². The number of hydrogen-bond acceptors (Lipinski definition) is 4. The second kappa shape index (κ2) is 5.42. The molecule has 7 heteroatoms. The summed E-state index contributed by atoms with van der Waals surface area (Å²) in [6.07, 6.45) is 0. The van der Waals surface area contributed by atoms with Crippen molar-refractivity contribution in [3.63, 3.8) is 0 Å². The van der Waals surface area contributed by atoms with Gasteiger partial charge >= 0.3 is 6.03 Å². The van der Waals surface area contributed by atoms with Gasteiger partial charge in [0.1, 0.15) is 0 Å². The van der Waals surface area contributed by atoms with E-state index in [-0.39, 0.29) is 12.1 Å². The van der Waals surface area contributed by atoms with E-state index in [0.29, 0.717) is 5.69 Å². The molecule has 25 heavy (non-hydrogen) atoms. The molecule has 4 amide bonds. The average molecular weight is 337 g/mol. The lowest BCUT2D eigenvalue weighted by Gasteiger charge is -2.25. The van der Waals surface area contributed by atoms with Crippen LogP contribution < -0.4 is 10.6 Å². The minimum Gasteiger partial charge on any atom is -0.373 e. The molecule has 0 bridgehead atoms. The van der Waals surface area contributed by atoms with Gasteiger partial charge in [-0.05, 0) is 11.6 Å². The maximum Gasteiger partial charge on any atom is 0.325 e. The highest BCUT2D eigenvalue weighted by molar-refractivity contribution is 6.13. The monoisotopic (exact) mass is 337 g/mol. The minimum absolute atomic E-state index is 0.0708. The highest BCUT2D eigenvalue weighted by atomic mass is 16.3. The highest BCUT2D eigenvalue weighted by Crippen LogP contribution is 2.40. The molecule has 0 aliphatic carbocycles. The Balaban J connectivity index is 1.67. The number of urea groups is 1. The Hall–Kier alpha value is -3.19. The normalized spacial score (nSPS) is 24.9. The van der Waals surface area contributed by atoms with Gasteiger partial charge in [-0.3, -0.25) is 14.5 Å². The lowest BCUT2D eigenvalue weighted by Crippen LogP contribution is -2.54. The van der Waals surface area contributed by atoms with E-state index >= 15 is 0 Å². The molecule has 2 aliphatic heterocycles. The Bertz CT molecular complexity index is 883. The fourth-order valence-electron chi connectivity index (χ4n) is 3.27. The predicted octanol–water partition coefficient (Wildman–Crippen LogP) is 0.947. The highest BCUT2D eigenvalue weighted by Gasteiger charge is 2.59. The van der Waals surface area contributed by atoms with Crippen LogP contribution in [0.4, 0.5) is 10.5 Å². The van der Waals surface area contributed by atoms with Gasteiger partial charge in [-0.25, -0.2) is 4.79 Å². The van der Waals surface area contributed by atoms with Crippen LogP contribution in [0.15, 0.2) is 54.6 Å². The van der Waals surface area contributed by atoms with Crippen LogP contribution in [-0.4, -0.2) is 33.9 Å². The number of nitrogens with one attached hydrogen (secondary N) is 2. The fourth-order valence-corrected chi connectivity index (χ4v) is 3.27. The van der Waals surface area contributed by atoms with Crippen molar-refractivity contribution in [1.82, 2.24) is 10.2 Å². The first-order valence-electron chi connectivity index (χ1n) is 7.81. The second-order valence-corrected chi connectivity index (χ2v) is 6.06. The molecule has 1 fully saturated rings. The van der Waals surface area contributed by atoms with Crippen molar-refractivity contribution in [1.29, 1.82) is 0 Å². The lowest BCUT2D eigenvalue weighted by molar-refractivity contribution is -0.145. The number of para-hydroxylation sites is 1. The molecule has 126 valence electrons. The maximum absolute atomic E-state index is 12.8. The number of fused-ring (bicyclic) bond motifs is 1. The summed E-state index contributed by atoms with van der Waals surface area (Å²) in [5, 5.41) is 16.0. The molecule has 2 aromatic carbocycles. The number of imide groups is 1. The maximum atomic E-state index is 12.8. The van der Waals surface area contributed by atoms with Crippen LogP contribution in [0.5, 0.6) is 0 Å². The van der Waals surface area contributed by atoms with Gasteiger partial charge in [-0.2, -0.15) is 0 Å². The van der Waals surface area contributed by atoms with Crippen molar-refractivity contribution in [2.24, 2.45) is 0 Å². The van der Waals surface area contributed by atoms with Crippen molar-refractivity contribution in [3.05, 3.63) is 65.7 Å². The van der Waals surface area contributed by atoms with E-state index in [4.69, 9.17) is 0 Å². The predicted molar refractivity (Wildman–Crippen MR) is 88.3 cm³/mol. The minimum atomic E-state index is -2.13. The number of carbonyl (C=O) groups excluding carboxylic acids is 3. The van der Waals surface area contributed by atoms with E-state index in [9.17, 15) is 19.5 Å². The molecular formula is C18H15N3O4. The van der Waals surface area contributed by atoms with Gasteiger partial charge in [0, 0.05) is 11.3 Å². The number of rotatable bonds is 3. The molecule has 3 N–H and O–H groups in total. The van der Waals surface area contributed by atoms with Crippen LogP contribution in [0, 0.1) is 0 Å². The van der Waals surface area contributed by atoms with E-state index in [0.717, 1.165) is 10.5 Å².